The number of hydrogen-bond acceptors (Lipinski definition) is 3. The molecule has 1 heterocycles. The van der Waals surface area contributed by atoms with Crippen LogP contribution >= 0.6 is 27.3 Å². The van der Waals surface area contributed by atoms with Crippen LogP contribution in [0.4, 0.5) is 0 Å². The minimum Gasteiger partial charge on any atom is -0.330 e. The maximum atomic E-state index is 5.49. The summed E-state index contributed by atoms with van der Waals surface area (Å²) in [6.45, 7) is 4.06. The van der Waals surface area contributed by atoms with Crippen LogP contribution in [-0.2, 0) is 0 Å². The first kappa shape index (κ1) is 12.2. The van der Waals surface area contributed by atoms with Crippen LogP contribution in [0.25, 0.3) is 0 Å². The maximum Gasteiger partial charge on any atom is 0.0410 e. The molecule has 0 aliphatic rings. The maximum absolute atomic E-state index is 5.49. The highest BCUT2D eigenvalue weighted by Crippen LogP contribution is 2.28. The highest BCUT2D eigenvalue weighted by atomic mass is 79.9. The first-order chi connectivity index (χ1) is 6.65. The Kier molecular flexibility index (Phi) is 5.09. The lowest BCUT2D eigenvalue weighted by Crippen LogP contribution is -2.24. The molecular formula is C10H17BrN2S. The van der Waals surface area contributed by atoms with Gasteiger partial charge < -0.3 is 5.73 Å². The van der Waals surface area contributed by atoms with Crippen molar-refractivity contribution >= 4 is 27.3 Å². The highest BCUT2D eigenvalue weighted by molar-refractivity contribution is 9.10. The van der Waals surface area contributed by atoms with E-state index in [1.54, 1.807) is 11.3 Å². The smallest absolute Gasteiger partial charge is 0.0410 e. The zero-order chi connectivity index (χ0) is 10.6. The SMILES string of the molecule is CC(c1cc(Br)cs1)N(C)CCCN. The molecule has 1 rings (SSSR count). The van der Waals surface area contributed by atoms with Crippen molar-refractivity contribution < 1.29 is 0 Å². The van der Waals surface area contributed by atoms with Gasteiger partial charge in [-0.3, -0.25) is 4.90 Å². The van der Waals surface area contributed by atoms with Gasteiger partial charge in [0.1, 0.15) is 0 Å². The van der Waals surface area contributed by atoms with Gasteiger partial charge in [0.15, 0.2) is 0 Å². The van der Waals surface area contributed by atoms with Gasteiger partial charge in [0.25, 0.3) is 0 Å². The summed E-state index contributed by atoms with van der Waals surface area (Å²) in [6, 6.07) is 2.67. The van der Waals surface area contributed by atoms with Gasteiger partial charge in [0.05, 0.1) is 0 Å². The van der Waals surface area contributed by atoms with Gasteiger partial charge in [0, 0.05) is 20.8 Å². The van der Waals surface area contributed by atoms with Crippen molar-refractivity contribution in [3.63, 3.8) is 0 Å². The van der Waals surface area contributed by atoms with Gasteiger partial charge in [-0.15, -0.1) is 11.3 Å². The number of halogens is 1. The van der Waals surface area contributed by atoms with Crippen LogP contribution in [0, 0.1) is 0 Å². The second-order valence-corrected chi connectivity index (χ2v) is 5.32. The average Bonchev–Trinajstić information content (AvgIpc) is 2.60. The summed E-state index contributed by atoms with van der Waals surface area (Å²) in [4.78, 5) is 3.74. The molecule has 1 unspecified atom stereocenters. The summed E-state index contributed by atoms with van der Waals surface area (Å²) in [6.07, 6.45) is 1.06. The second kappa shape index (κ2) is 5.85. The van der Waals surface area contributed by atoms with E-state index in [9.17, 15) is 0 Å². The van der Waals surface area contributed by atoms with Gasteiger partial charge in [-0.05, 0) is 55.5 Å². The van der Waals surface area contributed by atoms with Gasteiger partial charge >= 0.3 is 0 Å². The fraction of sp³-hybridized carbons (Fsp3) is 0.600. The molecule has 1 aromatic heterocycles. The predicted molar refractivity (Wildman–Crippen MR) is 66.7 cm³/mol. The van der Waals surface area contributed by atoms with Gasteiger partial charge in [-0.1, -0.05) is 0 Å². The van der Waals surface area contributed by atoms with Crippen LogP contribution < -0.4 is 5.73 Å². The first-order valence-corrected chi connectivity index (χ1v) is 6.46. The van der Waals surface area contributed by atoms with Crippen molar-refractivity contribution in [1.82, 2.24) is 4.90 Å². The number of rotatable bonds is 5. The minimum atomic E-state index is 0.484. The summed E-state index contributed by atoms with van der Waals surface area (Å²) in [5.74, 6) is 0. The molecule has 0 aliphatic heterocycles. The fourth-order valence-corrected chi connectivity index (χ4v) is 2.87. The van der Waals surface area contributed by atoms with E-state index in [0.717, 1.165) is 19.5 Å². The third kappa shape index (κ3) is 3.35. The molecule has 0 fully saturated rings. The summed E-state index contributed by atoms with van der Waals surface area (Å²) in [7, 11) is 2.15. The third-order valence-electron chi connectivity index (χ3n) is 2.38. The predicted octanol–water partition coefficient (Wildman–Crippen LogP) is 2.85. The molecule has 0 saturated heterocycles. The van der Waals surface area contributed by atoms with Crippen LogP contribution in [0.15, 0.2) is 15.9 Å². The molecule has 1 aromatic rings. The molecule has 14 heavy (non-hydrogen) atoms. The molecule has 0 aliphatic carbocycles. The molecule has 0 bridgehead atoms. The van der Waals surface area contributed by atoms with Crippen LogP contribution in [0.1, 0.15) is 24.3 Å². The van der Waals surface area contributed by atoms with E-state index >= 15 is 0 Å². The van der Waals surface area contributed by atoms with E-state index in [1.165, 1.54) is 9.35 Å². The molecule has 4 heteroatoms. The Balaban J connectivity index is 2.51. The Hall–Kier alpha value is 0.1000. The van der Waals surface area contributed by atoms with Gasteiger partial charge in [-0.25, -0.2) is 0 Å². The Morgan fingerprint density at radius 2 is 2.36 bits per heavy atom. The Bertz CT molecular complexity index is 275. The summed E-state index contributed by atoms with van der Waals surface area (Å²) in [5, 5.41) is 2.13. The molecule has 2 nitrogen and oxygen atoms in total. The molecule has 0 radical (unpaired) electrons. The highest BCUT2D eigenvalue weighted by Gasteiger charge is 2.12. The monoisotopic (exact) mass is 276 g/mol. The van der Waals surface area contributed by atoms with E-state index in [1.807, 2.05) is 0 Å². The van der Waals surface area contributed by atoms with Crippen molar-refractivity contribution in [2.75, 3.05) is 20.1 Å². The van der Waals surface area contributed by atoms with Crippen LogP contribution in [0.2, 0.25) is 0 Å². The number of nitrogens with two attached hydrogens (primary N) is 1. The van der Waals surface area contributed by atoms with Crippen molar-refractivity contribution in [1.29, 1.82) is 0 Å². The molecule has 0 saturated carbocycles. The molecule has 0 amide bonds. The van der Waals surface area contributed by atoms with E-state index in [4.69, 9.17) is 5.73 Å². The minimum absolute atomic E-state index is 0.484. The lowest BCUT2D eigenvalue weighted by molar-refractivity contribution is 0.263. The van der Waals surface area contributed by atoms with E-state index in [2.05, 4.69) is 46.2 Å². The summed E-state index contributed by atoms with van der Waals surface area (Å²) in [5.41, 5.74) is 5.49. The zero-order valence-electron chi connectivity index (χ0n) is 8.66. The third-order valence-corrected chi connectivity index (χ3v) is 4.24. The standard InChI is InChI=1S/C10H17BrN2S/c1-8(13(2)5-3-4-12)10-6-9(11)7-14-10/h6-8H,3-5,12H2,1-2H3. The molecule has 0 spiro atoms. The van der Waals surface area contributed by atoms with Gasteiger partial charge in [0.2, 0.25) is 0 Å². The lowest BCUT2D eigenvalue weighted by atomic mass is 10.2. The largest absolute Gasteiger partial charge is 0.330 e. The Morgan fingerprint density at radius 1 is 1.64 bits per heavy atom. The molecule has 80 valence electrons. The lowest BCUT2D eigenvalue weighted by Gasteiger charge is -2.23. The Morgan fingerprint density at radius 3 is 2.86 bits per heavy atom. The van der Waals surface area contributed by atoms with Gasteiger partial charge in [-0.2, -0.15) is 0 Å². The molecule has 1 atom stereocenters. The average molecular weight is 277 g/mol. The van der Waals surface area contributed by atoms with Crippen molar-refractivity contribution in [2.24, 2.45) is 5.73 Å². The van der Waals surface area contributed by atoms with E-state index in [-0.39, 0.29) is 0 Å². The number of thiophene rings is 1. The van der Waals surface area contributed by atoms with E-state index < -0.39 is 0 Å². The molecular weight excluding hydrogens is 260 g/mol. The number of nitrogens with zero attached hydrogens (tertiary/aromatic N) is 1. The van der Waals surface area contributed by atoms with Crippen LogP contribution in [0.3, 0.4) is 0 Å². The topological polar surface area (TPSA) is 29.3 Å². The Labute approximate surface area is 98.2 Å². The van der Waals surface area contributed by atoms with Crippen molar-refractivity contribution in [2.45, 2.75) is 19.4 Å². The quantitative estimate of drug-likeness (QED) is 0.896. The van der Waals surface area contributed by atoms with Crippen LogP contribution in [0.5, 0.6) is 0 Å². The van der Waals surface area contributed by atoms with Crippen molar-refractivity contribution in [3.05, 3.63) is 20.8 Å². The van der Waals surface area contributed by atoms with Crippen LogP contribution in [-0.4, -0.2) is 25.0 Å². The normalized spacial score (nSPS) is 13.5. The molecule has 0 aromatic carbocycles. The molecule has 2 N–H and O–H groups in total. The second-order valence-electron chi connectivity index (χ2n) is 3.47. The fourth-order valence-electron chi connectivity index (χ4n) is 1.30. The first-order valence-electron chi connectivity index (χ1n) is 4.79. The summed E-state index contributed by atoms with van der Waals surface area (Å²) < 4.78 is 1.18. The van der Waals surface area contributed by atoms with Crippen molar-refractivity contribution in [3.8, 4) is 0 Å². The zero-order valence-corrected chi connectivity index (χ0v) is 11.1. The number of hydrogen-bond donors (Lipinski definition) is 1. The van der Waals surface area contributed by atoms with E-state index in [0.29, 0.717) is 6.04 Å². The summed E-state index contributed by atoms with van der Waals surface area (Å²) >= 11 is 5.27.